The molecule has 180 valence electrons. The average Bonchev–Trinajstić information content (AvgIpc) is 3.54. The predicted molar refractivity (Wildman–Crippen MR) is 118 cm³/mol. The zero-order valence-corrected chi connectivity index (χ0v) is 18.6. The molecule has 5 rings (SSSR count). The van der Waals surface area contributed by atoms with E-state index in [2.05, 4.69) is 4.98 Å². The van der Waals surface area contributed by atoms with E-state index in [0.717, 1.165) is 34.7 Å². The first kappa shape index (κ1) is 22.9. The Hall–Kier alpha value is -2.91. The molecule has 9 heteroatoms. The maximum absolute atomic E-state index is 13.5. The number of methoxy groups -OCH3 is 1. The van der Waals surface area contributed by atoms with Crippen molar-refractivity contribution in [3.63, 3.8) is 0 Å². The lowest BCUT2D eigenvalue weighted by molar-refractivity contribution is -0.145. The number of nitrogens with zero attached hydrogens (tertiary/aromatic N) is 2. The molecule has 1 aromatic heterocycles. The molecule has 3 aromatic rings. The van der Waals surface area contributed by atoms with Crippen LogP contribution in [0.1, 0.15) is 48.0 Å². The van der Waals surface area contributed by atoms with Crippen LogP contribution in [0.4, 0.5) is 17.6 Å². The number of hydrogen-bond donors (Lipinski definition) is 1. The second kappa shape index (κ2) is 8.39. The van der Waals surface area contributed by atoms with E-state index in [4.69, 9.17) is 15.2 Å². The predicted octanol–water partition coefficient (Wildman–Crippen LogP) is 5.19. The first-order valence-corrected chi connectivity index (χ1v) is 11.2. The number of aromatic nitrogens is 2. The summed E-state index contributed by atoms with van der Waals surface area (Å²) in [6.45, 7) is 0.389. The molecular formula is C25H25F4N3O2. The van der Waals surface area contributed by atoms with Crippen LogP contribution < -0.4 is 10.5 Å². The minimum Gasteiger partial charge on any atom is -0.496 e. The van der Waals surface area contributed by atoms with Crippen LogP contribution in [0.5, 0.6) is 5.75 Å². The SMILES string of the molecule is COc1ccc(-n2ccnc2C(F)(F)F)cc1[C@H]1CO[C@]2(CC[C@H](N)[C@H]2c2ccc(F)cc2)C1. The lowest BCUT2D eigenvalue weighted by Gasteiger charge is -2.33. The van der Waals surface area contributed by atoms with E-state index in [1.54, 1.807) is 30.3 Å². The maximum atomic E-state index is 13.5. The Morgan fingerprint density at radius 2 is 1.94 bits per heavy atom. The minimum atomic E-state index is -4.58. The van der Waals surface area contributed by atoms with Gasteiger partial charge in [-0.25, -0.2) is 9.37 Å². The van der Waals surface area contributed by atoms with Crippen LogP contribution in [0, 0.1) is 5.82 Å². The molecule has 34 heavy (non-hydrogen) atoms. The van der Waals surface area contributed by atoms with Crippen molar-refractivity contribution < 1.29 is 27.0 Å². The van der Waals surface area contributed by atoms with Gasteiger partial charge in [-0.1, -0.05) is 12.1 Å². The molecule has 1 saturated carbocycles. The molecule has 2 N–H and O–H groups in total. The van der Waals surface area contributed by atoms with Gasteiger partial charge in [-0.15, -0.1) is 0 Å². The van der Waals surface area contributed by atoms with Crippen molar-refractivity contribution in [1.29, 1.82) is 0 Å². The molecule has 0 bridgehead atoms. The van der Waals surface area contributed by atoms with E-state index >= 15 is 0 Å². The van der Waals surface area contributed by atoms with Crippen molar-refractivity contribution in [3.05, 3.63) is 77.6 Å². The lowest BCUT2D eigenvalue weighted by Crippen LogP contribution is -2.37. The van der Waals surface area contributed by atoms with Gasteiger partial charge in [0.25, 0.3) is 0 Å². The Labute approximate surface area is 194 Å². The third-order valence-electron chi connectivity index (χ3n) is 7.11. The highest BCUT2D eigenvalue weighted by Crippen LogP contribution is 2.54. The van der Waals surface area contributed by atoms with Crippen LogP contribution in [0.3, 0.4) is 0 Å². The topological polar surface area (TPSA) is 62.3 Å². The smallest absolute Gasteiger partial charge is 0.450 e. The van der Waals surface area contributed by atoms with Crippen molar-refractivity contribution in [2.45, 2.75) is 48.9 Å². The number of nitrogens with two attached hydrogens (primary N) is 1. The summed E-state index contributed by atoms with van der Waals surface area (Å²) in [5.74, 6) is -0.905. The van der Waals surface area contributed by atoms with Crippen LogP contribution in [0.25, 0.3) is 5.69 Å². The zero-order valence-electron chi connectivity index (χ0n) is 18.6. The Morgan fingerprint density at radius 3 is 2.65 bits per heavy atom. The maximum Gasteiger partial charge on any atom is 0.450 e. The molecule has 0 radical (unpaired) electrons. The average molecular weight is 475 g/mol. The van der Waals surface area contributed by atoms with Gasteiger partial charge in [-0.05, 0) is 55.2 Å². The number of halogens is 4. The molecule has 1 aliphatic heterocycles. The Bertz CT molecular complexity index is 1180. The van der Waals surface area contributed by atoms with Crippen molar-refractivity contribution in [1.82, 2.24) is 9.55 Å². The summed E-state index contributed by atoms with van der Waals surface area (Å²) >= 11 is 0. The monoisotopic (exact) mass is 475 g/mol. The number of hydrogen-bond acceptors (Lipinski definition) is 4. The van der Waals surface area contributed by atoms with Crippen molar-refractivity contribution in [2.75, 3.05) is 13.7 Å². The molecule has 0 amide bonds. The molecule has 1 spiro atoms. The van der Waals surface area contributed by atoms with E-state index in [0.29, 0.717) is 24.5 Å². The lowest BCUT2D eigenvalue weighted by atomic mass is 9.78. The van der Waals surface area contributed by atoms with Crippen LogP contribution in [-0.4, -0.2) is 34.9 Å². The standard InChI is InChI=1S/C25H25F4N3O2/c1-33-21-7-6-18(32-11-10-31-23(32)25(27,28)29)12-19(21)16-13-24(34-14-16)9-8-20(30)22(24)15-2-4-17(26)5-3-15/h2-7,10-12,16,20,22H,8-9,13-14,30H2,1H3/t16-,20+,22-,24-/m1/s1. The molecule has 2 fully saturated rings. The third-order valence-corrected chi connectivity index (χ3v) is 7.11. The molecule has 5 nitrogen and oxygen atoms in total. The van der Waals surface area contributed by atoms with Gasteiger partial charge in [0, 0.05) is 41.5 Å². The largest absolute Gasteiger partial charge is 0.496 e. The molecule has 1 saturated heterocycles. The van der Waals surface area contributed by atoms with E-state index in [9.17, 15) is 17.6 Å². The van der Waals surface area contributed by atoms with E-state index in [-0.39, 0.29) is 23.7 Å². The van der Waals surface area contributed by atoms with Gasteiger partial charge < -0.3 is 15.2 Å². The van der Waals surface area contributed by atoms with Gasteiger partial charge in [0.05, 0.1) is 19.3 Å². The third kappa shape index (κ3) is 3.86. The van der Waals surface area contributed by atoms with E-state index in [1.807, 2.05) is 0 Å². The molecule has 4 atom stereocenters. The molecule has 0 unspecified atom stereocenters. The number of benzene rings is 2. The van der Waals surface area contributed by atoms with Crippen molar-refractivity contribution in [2.24, 2.45) is 5.73 Å². The van der Waals surface area contributed by atoms with E-state index in [1.165, 1.54) is 25.4 Å². The molecule has 2 heterocycles. The molecule has 1 aliphatic carbocycles. The highest BCUT2D eigenvalue weighted by atomic mass is 19.4. The highest BCUT2D eigenvalue weighted by molar-refractivity contribution is 5.48. The summed E-state index contributed by atoms with van der Waals surface area (Å²) in [7, 11) is 1.54. The molecule has 2 aliphatic rings. The van der Waals surface area contributed by atoms with Crippen LogP contribution in [0.2, 0.25) is 0 Å². The Kier molecular flexibility index (Phi) is 5.64. The van der Waals surface area contributed by atoms with Gasteiger partial charge in [-0.2, -0.15) is 13.2 Å². The van der Waals surface area contributed by atoms with Gasteiger partial charge in [-0.3, -0.25) is 4.57 Å². The Balaban J connectivity index is 1.49. The summed E-state index contributed by atoms with van der Waals surface area (Å²) in [5, 5.41) is 0. The molecular weight excluding hydrogens is 450 g/mol. The number of imidazole rings is 1. The summed E-state index contributed by atoms with van der Waals surface area (Å²) in [4.78, 5) is 3.49. The second-order valence-corrected chi connectivity index (χ2v) is 9.05. The fourth-order valence-corrected chi connectivity index (χ4v) is 5.65. The summed E-state index contributed by atoms with van der Waals surface area (Å²) < 4.78 is 66.8. The summed E-state index contributed by atoms with van der Waals surface area (Å²) in [5.41, 5.74) is 8.01. The number of alkyl halides is 3. The van der Waals surface area contributed by atoms with Gasteiger partial charge in [0.1, 0.15) is 11.6 Å². The Morgan fingerprint density at radius 1 is 1.18 bits per heavy atom. The quantitative estimate of drug-likeness (QED) is 0.528. The highest BCUT2D eigenvalue weighted by Gasteiger charge is 2.53. The fraction of sp³-hybridized carbons (Fsp3) is 0.400. The van der Waals surface area contributed by atoms with Crippen molar-refractivity contribution >= 4 is 0 Å². The fourth-order valence-electron chi connectivity index (χ4n) is 5.65. The van der Waals surface area contributed by atoms with Crippen LogP contribution >= 0.6 is 0 Å². The van der Waals surface area contributed by atoms with Gasteiger partial charge in [0.15, 0.2) is 0 Å². The van der Waals surface area contributed by atoms with Crippen LogP contribution in [0.15, 0.2) is 54.9 Å². The number of ether oxygens (including phenoxy) is 2. The minimum absolute atomic E-state index is 0.0963. The first-order valence-electron chi connectivity index (χ1n) is 11.2. The zero-order chi connectivity index (χ0) is 24.1. The number of rotatable bonds is 4. The van der Waals surface area contributed by atoms with Gasteiger partial charge in [0.2, 0.25) is 5.82 Å². The van der Waals surface area contributed by atoms with Crippen molar-refractivity contribution in [3.8, 4) is 11.4 Å². The summed E-state index contributed by atoms with van der Waals surface area (Å²) in [6, 6.07) is 11.2. The molecule has 2 aromatic carbocycles. The normalized spacial score (nSPS) is 26.9. The van der Waals surface area contributed by atoms with E-state index < -0.39 is 17.6 Å². The van der Waals surface area contributed by atoms with Gasteiger partial charge >= 0.3 is 6.18 Å². The first-order chi connectivity index (χ1) is 16.2. The van der Waals surface area contributed by atoms with Crippen LogP contribution in [-0.2, 0) is 10.9 Å². The second-order valence-electron chi connectivity index (χ2n) is 9.05. The summed E-state index contributed by atoms with van der Waals surface area (Å²) in [6.07, 6.45) is 0.0185.